The zero-order valence-electron chi connectivity index (χ0n) is 20.5. The number of ether oxygens (including phenoxy) is 5. The third-order valence-corrected chi connectivity index (χ3v) is 7.69. The Morgan fingerprint density at radius 2 is 1.92 bits per heavy atom. The molecule has 0 saturated heterocycles. The van der Waals surface area contributed by atoms with Crippen LogP contribution in [-0.4, -0.2) is 38.2 Å². The molecule has 2 aliphatic heterocycles. The maximum atomic E-state index is 13.8. The van der Waals surface area contributed by atoms with Crippen LogP contribution in [0, 0.1) is 0 Å². The van der Waals surface area contributed by atoms with Crippen LogP contribution in [0.15, 0.2) is 55.9 Å². The van der Waals surface area contributed by atoms with Crippen LogP contribution in [0.2, 0.25) is 0 Å². The second-order valence-electron chi connectivity index (χ2n) is 8.14. The van der Waals surface area contributed by atoms with Gasteiger partial charge in [0.1, 0.15) is 0 Å². The molecule has 9 nitrogen and oxygen atoms in total. The number of hydrogen-bond acceptors (Lipinski definition) is 9. The van der Waals surface area contributed by atoms with E-state index < -0.39 is 12.0 Å². The molecule has 0 saturated carbocycles. The number of thiazole rings is 1. The summed E-state index contributed by atoms with van der Waals surface area (Å²) in [6.07, 6.45) is 1.76. The average Bonchev–Trinajstić information content (AvgIpc) is 3.47. The van der Waals surface area contributed by atoms with Crippen LogP contribution in [0.5, 0.6) is 23.0 Å². The molecule has 0 unspecified atom stereocenters. The summed E-state index contributed by atoms with van der Waals surface area (Å²) in [4.78, 5) is 32.0. The van der Waals surface area contributed by atoms with Crippen molar-refractivity contribution in [3.05, 3.63) is 76.9 Å². The summed E-state index contributed by atoms with van der Waals surface area (Å²) in [6.45, 7) is 3.79. The van der Waals surface area contributed by atoms with Crippen LogP contribution in [0.3, 0.4) is 0 Å². The molecule has 1 atom stereocenters. The van der Waals surface area contributed by atoms with Crippen molar-refractivity contribution in [2.75, 3.05) is 27.6 Å². The molecular weight excluding hydrogens is 564 g/mol. The number of halogens is 1. The maximum absolute atomic E-state index is 13.8. The van der Waals surface area contributed by atoms with Crippen LogP contribution in [0.25, 0.3) is 6.08 Å². The molecule has 0 aliphatic carbocycles. The SMILES string of the molecule is CCOC(=O)C1=C(C)N=c2sc(=Cc3cc(OC)c(OC)cc3Br)c(=O)n2[C@@H]1c1ccc2c(c1)OCO2. The van der Waals surface area contributed by atoms with Gasteiger partial charge in [-0.15, -0.1) is 0 Å². The van der Waals surface area contributed by atoms with Gasteiger partial charge >= 0.3 is 5.97 Å². The minimum absolute atomic E-state index is 0.112. The lowest BCUT2D eigenvalue weighted by atomic mass is 9.95. The quantitative estimate of drug-likeness (QED) is 0.409. The lowest BCUT2D eigenvalue weighted by Crippen LogP contribution is -2.39. The summed E-state index contributed by atoms with van der Waals surface area (Å²) < 4.78 is 29.8. The highest BCUT2D eigenvalue weighted by Crippen LogP contribution is 2.38. The third kappa shape index (κ3) is 4.42. The van der Waals surface area contributed by atoms with E-state index in [0.29, 0.717) is 49.2 Å². The van der Waals surface area contributed by atoms with Gasteiger partial charge in [0, 0.05) is 4.47 Å². The molecule has 1 aromatic heterocycles. The molecule has 11 heteroatoms. The first-order valence-electron chi connectivity index (χ1n) is 11.4. The van der Waals surface area contributed by atoms with Gasteiger partial charge in [-0.1, -0.05) is 33.3 Å². The Kier molecular flexibility index (Phi) is 6.82. The van der Waals surface area contributed by atoms with E-state index in [-0.39, 0.29) is 19.0 Å². The number of aromatic nitrogens is 1. The van der Waals surface area contributed by atoms with E-state index in [1.807, 2.05) is 6.07 Å². The summed E-state index contributed by atoms with van der Waals surface area (Å²) in [5.41, 5.74) is 1.90. The number of esters is 1. The van der Waals surface area contributed by atoms with Gasteiger partial charge < -0.3 is 23.7 Å². The summed E-state index contributed by atoms with van der Waals surface area (Å²) >= 11 is 4.78. The molecule has 2 aliphatic rings. The van der Waals surface area contributed by atoms with Crippen LogP contribution in [0.4, 0.5) is 0 Å². The molecule has 0 radical (unpaired) electrons. The van der Waals surface area contributed by atoms with Gasteiger partial charge in [0.05, 0.1) is 42.7 Å². The van der Waals surface area contributed by atoms with Crippen molar-refractivity contribution in [3.8, 4) is 23.0 Å². The number of hydrogen-bond donors (Lipinski definition) is 0. The van der Waals surface area contributed by atoms with E-state index in [1.54, 1.807) is 58.4 Å². The van der Waals surface area contributed by atoms with E-state index in [0.717, 1.165) is 10.0 Å². The van der Waals surface area contributed by atoms with E-state index in [2.05, 4.69) is 20.9 Å². The number of methoxy groups -OCH3 is 2. The Morgan fingerprint density at radius 3 is 2.65 bits per heavy atom. The lowest BCUT2D eigenvalue weighted by molar-refractivity contribution is -0.139. The fraction of sp³-hybridized carbons (Fsp3) is 0.269. The van der Waals surface area contributed by atoms with Crippen LogP contribution < -0.4 is 33.8 Å². The normalized spacial score (nSPS) is 16.4. The average molecular weight is 587 g/mol. The maximum Gasteiger partial charge on any atom is 0.338 e. The molecule has 3 aromatic rings. The second-order valence-corrected chi connectivity index (χ2v) is 10.0. The molecular formula is C26H23BrN2O7S. The molecule has 37 heavy (non-hydrogen) atoms. The van der Waals surface area contributed by atoms with Crippen LogP contribution in [0.1, 0.15) is 31.0 Å². The van der Waals surface area contributed by atoms with E-state index in [1.165, 1.54) is 15.9 Å². The van der Waals surface area contributed by atoms with Gasteiger partial charge in [-0.25, -0.2) is 9.79 Å². The fourth-order valence-electron chi connectivity index (χ4n) is 4.31. The van der Waals surface area contributed by atoms with Crippen molar-refractivity contribution in [3.63, 3.8) is 0 Å². The minimum Gasteiger partial charge on any atom is -0.493 e. The van der Waals surface area contributed by atoms with Crippen molar-refractivity contribution < 1.29 is 28.5 Å². The lowest BCUT2D eigenvalue weighted by Gasteiger charge is -2.24. The van der Waals surface area contributed by atoms with Crippen LogP contribution in [-0.2, 0) is 9.53 Å². The third-order valence-electron chi connectivity index (χ3n) is 6.02. The molecule has 0 N–H and O–H groups in total. The van der Waals surface area contributed by atoms with Crippen molar-refractivity contribution in [1.82, 2.24) is 4.57 Å². The van der Waals surface area contributed by atoms with Gasteiger partial charge in [0.15, 0.2) is 27.8 Å². The molecule has 5 rings (SSSR count). The predicted octanol–water partition coefficient (Wildman–Crippen LogP) is 3.31. The highest BCUT2D eigenvalue weighted by molar-refractivity contribution is 9.10. The van der Waals surface area contributed by atoms with Crippen molar-refractivity contribution in [1.29, 1.82) is 0 Å². The number of carbonyl (C=O) groups excluding carboxylic acids is 1. The minimum atomic E-state index is -0.749. The number of carbonyl (C=O) groups is 1. The summed E-state index contributed by atoms with van der Waals surface area (Å²) in [5.74, 6) is 1.72. The molecule has 2 aromatic carbocycles. The number of nitrogens with zero attached hydrogens (tertiary/aromatic N) is 2. The zero-order chi connectivity index (χ0) is 26.3. The molecule has 0 fully saturated rings. The first-order chi connectivity index (χ1) is 17.9. The Labute approximate surface area is 224 Å². The Hall–Kier alpha value is -3.57. The first-order valence-corrected chi connectivity index (χ1v) is 13.0. The number of rotatable bonds is 6. The van der Waals surface area contributed by atoms with Crippen molar-refractivity contribution in [2.45, 2.75) is 19.9 Å². The molecule has 0 amide bonds. The number of benzene rings is 2. The van der Waals surface area contributed by atoms with E-state index in [9.17, 15) is 9.59 Å². The number of fused-ring (bicyclic) bond motifs is 2. The fourth-order valence-corrected chi connectivity index (χ4v) is 5.79. The highest BCUT2D eigenvalue weighted by atomic mass is 79.9. The Bertz CT molecular complexity index is 1620. The highest BCUT2D eigenvalue weighted by Gasteiger charge is 2.34. The van der Waals surface area contributed by atoms with E-state index in [4.69, 9.17) is 23.7 Å². The van der Waals surface area contributed by atoms with Gasteiger partial charge in [-0.3, -0.25) is 9.36 Å². The van der Waals surface area contributed by atoms with Gasteiger partial charge in [-0.2, -0.15) is 0 Å². The Morgan fingerprint density at radius 1 is 1.19 bits per heavy atom. The predicted molar refractivity (Wildman–Crippen MR) is 140 cm³/mol. The van der Waals surface area contributed by atoms with Gasteiger partial charge in [-0.05, 0) is 55.3 Å². The molecule has 192 valence electrons. The van der Waals surface area contributed by atoms with Gasteiger partial charge in [0.25, 0.3) is 5.56 Å². The first kappa shape index (κ1) is 25.1. The van der Waals surface area contributed by atoms with Crippen molar-refractivity contribution in [2.24, 2.45) is 4.99 Å². The second kappa shape index (κ2) is 10.1. The van der Waals surface area contributed by atoms with E-state index >= 15 is 0 Å². The Balaban J connectivity index is 1.72. The molecule has 0 spiro atoms. The largest absolute Gasteiger partial charge is 0.493 e. The smallest absolute Gasteiger partial charge is 0.338 e. The monoisotopic (exact) mass is 586 g/mol. The number of allylic oxidation sites excluding steroid dienone is 1. The molecule has 0 bridgehead atoms. The zero-order valence-corrected chi connectivity index (χ0v) is 22.9. The summed E-state index contributed by atoms with van der Waals surface area (Å²) in [7, 11) is 3.11. The summed E-state index contributed by atoms with van der Waals surface area (Å²) in [5, 5.41) is 0. The van der Waals surface area contributed by atoms with Crippen LogP contribution >= 0.6 is 27.3 Å². The topological polar surface area (TPSA) is 97.6 Å². The van der Waals surface area contributed by atoms with Crippen molar-refractivity contribution >= 4 is 39.3 Å². The standard InChI is InChI=1S/C26H23BrN2O7S/c1-5-34-25(31)22-13(2)28-26-29(23(22)14-6-7-17-20(8-14)36-12-35-17)24(30)21(37-26)10-15-9-18(32-3)19(33-4)11-16(15)27/h6-11,23H,5,12H2,1-4H3/t23-/m1/s1. The summed E-state index contributed by atoms with van der Waals surface area (Å²) in [6, 6.07) is 8.18. The van der Waals surface area contributed by atoms with Gasteiger partial charge in [0.2, 0.25) is 6.79 Å². The molecule has 3 heterocycles.